The van der Waals surface area contributed by atoms with Crippen LogP contribution in [0.1, 0.15) is 32.0 Å². The molecular formula is C19H13N3O5. The number of aromatic nitrogens is 1. The molecule has 2 aromatic carbocycles. The molecule has 1 aromatic heterocycles. The summed E-state index contributed by atoms with van der Waals surface area (Å²) in [6.07, 6.45) is 1.39. The summed E-state index contributed by atoms with van der Waals surface area (Å²) in [7, 11) is 0. The Hall–Kier alpha value is -3.81. The number of aryl methyl sites for hydroxylation is 1. The molecule has 0 N–H and O–H groups in total. The Labute approximate surface area is 153 Å². The molecule has 8 nitrogen and oxygen atoms in total. The van der Waals surface area contributed by atoms with Crippen molar-refractivity contribution in [3.05, 3.63) is 81.2 Å². The smallest absolute Gasteiger partial charge is 0.270 e. The summed E-state index contributed by atoms with van der Waals surface area (Å²) in [4.78, 5) is 40.6. The van der Waals surface area contributed by atoms with Crippen LogP contribution >= 0.6 is 0 Å². The van der Waals surface area contributed by atoms with Gasteiger partial charge >= 0.3 is 0 Å². The Bertz CT molecular complexity index is 1080. The largest absolute Gasteiger partial charge is 0.444 e. The molecule has 0 aliphatic carbocycles. The molecule has 1 aliphatic heterocycles. The van der Waals surface area contributed by atoms with E-state index in [0.717, 1.165) is 22.1 Å². The number of amides is 2. The molecule has 0 saturated carbocycles. The number of nitrogens with zero attached hydrogens (tertiary/aromatic N) is 3. The summed E-state index contributed by atoms with van der Waals surface area (Å²) >= 11 is 0. The number of nitro benzene ring substituents is 1. The molecule has 0 saturated heterocycles. The van der Waals surface area contributed by atoms with Gasteiger partial charge in [-0.05, 0) is 25.1 Å². The fourth-order valence-electron chi connectivity index (χ4n) is 2.91. The van der Waals surface area contributed by atoms with E-state index in [1.54, 1.807) is 0 Å². The summed E-state index contributed by atoms with van der Waals surface area (Å²) < 4.78 is 5.45. The predicted molar refractivity (Wildman–Crippen MR) is 94.0 cm³/mol. The molecular weight excluding hydrogens is 350 g/mol. The van der Waals surface area contributed by atoms with Crippen LogP contribution in [0.5, 0.6) is 0 Å². The Morgan fingerprint density at radius 3 is 2.48 bits per heavy atom. The lowest BCUT2D eigenvalue weighted by molar-refractivity contribution is -0.384. The average molecular weight is 363 g/mol. The molecule has 2 amide bonds. The van der Waals surface area contributed by atoms with Gasteiger partial charge in [0.15, 0.2) is 0 Å². The van der Waals surface area contributed by atoms with Crippen molar-refractivity contribution in [1.82, 2.24) is 9.88 Å². The minimum absolute atomic E-state index is 0.0245. The first-order chi connectivity index (χ1) is 12.9. The van der Waals surface area contributed by atoms with Crippen LogP contribution in [0.2, 0.25) is 0 Å². The zero-order valence-corrected chi connectivity index (χ0v) is 14.2. The highest BCUT2D eigenvalue weighted by Crippen LogP contribution is 2.28. The lowest BCUT2D eigenvalue weighted by atomic mass is 10.1. The summed E-state index contributed by atoms with van der Waals surface area (Å²) in [6.45, 7) is 1.90. The number of fused-ring (bicyclic) bond motifs is 1. The van der Waals surface area contributed by atoms with Crippen molar-refractivity contribution in [1.29, 1.82) is 0 Å². The van der Waals surface area contributed by atoms with Crippen LogP contribution in [0.4, 0.5) is 5.69 Å². The van der Waals surface area contributed by atoms with Crippen molar-refractivity contribution >= 4 is 17.5 Å². The van der Waals surface area contributed by atoms with Gasteiger partial charge in [0.2, 0.25) is 5.89 Å². The van der Waals surface area contributed by atoms with Gasteiger partial charge in [0, 0.05) is 17.7 Å². The molecule has 0 bridgehead atoms. The number of carbonyl (C=O) groups excluding carboxylic acids is 2. The van der Waals surface area contributed by atoms with Gasteiger partial charge in [-0.1, -0.05) is 17.7 Å². The van der Waals surface area contributed by atoms with E-state index in [1.165, 1.54) is 18.4 Å². The number of hydrogen-bond acceptors (Lipinski definition) is 6. The summed E-state index contributed by atoms with van der Waals surface area (Å²) in [6, 6.07) is 11.2. The number of carbonyl (C=O) groups is 2. The van der Waals surface area contributed by atoms with E-state index >= 15 is 0 Å². The maximum Gasteiger partial charge on any atom is 0.270 e. The van der Waals surface area contributed by atoms with Crippen molar-refractivity contribution in [2.24, 2.45) is 0 Å². The first kappa shape index (κ1) is 16.6. The molecule has 0 unspecified atom stereocenters. The second-order valence-electron chi connectivity index (χ2n) is 6.19. The van der Waals surface area contributed by atoms with Crippen LogP contribution < -0.4 is 0 Å². The highest BCUT2D eigenvalue weighted by molar-refractivity contribution is 6.21. The van der Waals surface area contributed by atoms with E-state index in [-0.39, 0.29) is 23.4 Å². The van der Waals surface area contributed by atoms with Crippen molar-refractivity contribution in [2.75, 3.05) is 0 Å². The average Bonchev–Trinajstić information content (AvgIpc) is 3.21. The Morgan fingerprint density at radius 2 is 1.78 bits per heavy atom. The molecule has 134 valence electrons. The highest BCUT2D eigenvalue weighted by Gasteiger charge is 2.37. The molecule has 0 atom stereocenters. The van der Waals surface area contributed by atoms with Gasteiger partial charge in [-0.15, -0.1) is 0 Å². The van der Waals surface area contributed by atoms with E-state index in [2.05, 4.69) is 4.98 Å². The van der Waals surface area contributed by atoms with Crippen LogP contribution in [-0.2, 0) is 6.54 Å². The molecule has 2 heterocycles. The topological polar surface area (TPSA) is 107 Å². The first-order valence-electron chi connectivity index (χ1n) is 8.10. The lowest BCUT2D eigenvalue weighted by Crippen LogP contribution is -2.29. The fourth-order valence-corrected chi connectivity index (χ4v) is 2.91. The van der Waals surface area contributed by atoms with Crippen LogP contribution in [-0.4, -0.2) is 26.6 Å². The lowest BCUT2D eigenvalue weighted by Gasteiger charge is -2.11. The normalized spacial score (nSPS) is 13.1. The van der Waals surface area contributed by atoms with Crippen LogP contribution in [0.25, 0.3) is 11.5 Å². The number of rotatable bonds is 4. The summed E-state index contributed by atoms with van der Waals surface area (Å²) in [5, 5.41) is 10.9. The number of nitro groups is 1. The molecule has 27 heavy (non-hydrogen) atoms. The van der Waals surface area contributed by atoms with Crippen LogP contribution in [0.3, 0.4) is 0 Å². The first-order valence-corrected chi connectivity index (χ1v) is 8.10. The molecule has 8 heteroatoms. The van der Waals surface area contributed by atoms with Gasteiger partial charge < -0.3 is 4.42 Å². The second-order valence-corrected chi connectivity index (χ2v) is 6.19. The number of oxazole rings is 1. The van der Waals surface area contributed by atoms with Gasteiger partial charge in [-0.3, -0.25) is 24.6 Å². The Balaban J connectivity index is 1.58. The standard InChI is InChI=1S/C19H13N3O5/c1-11-2-4-12(5-3-11)17-20-13(10-27-17)9-21-18(23)15-7-6-14(22(25)26)8-16(15)19(21)24/h2-8,10H,9H2,1H3. The SMILES string of the molecule is Cc1ccc(-c2nc(CN3C(=O)c4ccc([N+](=O)[O-])cc4C3=O)co2)cc1. The van der Waals surface area contributed by atoms with Gasteiger partial charge in [0.25, 0.3) is 17.5 Å². The number of non-ortho nitro benzene ring substituents is 1. The maximum absolute atomic E-state index is 12.5. The summed E-state index contributed by atoms with van der Waals surface area (Å²) in [5.74, 6) is -0.708. The molecule has 0 fully saturated rings. The third-order valence-corrected chi connectivity index (χ3v) is 4.34. The van der Waals surface area contributed by atoms with Gasteiger partial charge in [0.05, 0.1) is 28.3 Å². The van der Waals surface area contributed by atoms with Gasteiger partial charge in [-0.2, -0.15) is 0 Å². The van der Waals surface area contributed by atoms with E-state index in [1.807, 2.05) is 31.2 Å². The minimum atomic E-state index is -0.605. The van der Waals surface area contributed by atoms with Crippen molar-refractivity contribution < 1.29 is 18.9 Å². The Kier molecular flexibility index (Phi) is 3.80. The van der Waals surface area contributed by atoms with Gasteiger partial charge in [0.1, 0.15) is 6.26 Å². The van der Waals surface area contributed by atoms with Crippen molar-refractivity contribution in [2.45, 2.75) is 13.5 Å². The number of imide groups is 1. The maximum atomic E-state index is 12.5. The van der Waals surface area contributed by atoms with Crippen molar-refractivity contribution in [3.63, 3.8) is 0 Å². The zero-order valence-electron chi connectivity index (χ0n) is 14.2. The minimum Gasteiger partial charge on any atom is -0.444 e. The van der Waals surface area contributed by atoms with Crippen molar-refractivity contribution in [3.8, 4) is 11.5 Å². The Morgan fingerprint density at radius 1 is 1.07 bits per heavy atom. The second kappa shape index (κ2) is 6.17. The molecule has 3 aromatic rings. The molecule has 0 radical (unpaired) electrons. The molecule has 0 spiro atoms. The zero-order chi connectivity index (χ0) is 19.1. The molecule has 1 aliphatic rings. The van der Waals surface area contributed by atoms with E-state index in [4.69, 9.17) is 4.42 Å². The van der Waals surface area contributed by atoms with Crippen LogP contribution in [0, 0.1) is 17.0 Å². The van der Waals surface area contributed by atoms with E-state index < -0.39 is 16.7 Å². The monoisotopic (exact) mass is 363 g/mol. The third kappa shape index (κ3) is 2.86. The number of hydrogen-bond donors (Lipinski definition) is 0. The quantitative estimate of drug-likeness (QED) is 0.400. The summed E-state index contributed by atoms with van der Waals surface area (Å²) in [5.41, 5.74) is 2.23. The van der Waals surface area contributed by atoms with E-state index in [0.29, 0.717) is 11.6 Å². The van der Waals surface area contributed by atoms with Gasteiger partial charge in [-0.25, -0.2) is 4.98 Å². The highest BCUT2D eigenvalue weighted by atomic mass is 16.6. The predicted octanol–water partition coefficient (Wildman–Crippen LogP) is 3.35. The van der Waals surface area contributed by atoms with Crippen LogP contribution in [0.15, 0.2) is 53.1 Å². The van der Waals surface area contributed by atoms with E-state index in [9.17, 15) is 19.7 Å². The molecule has 4 rings (SSSR count). The fraction of sp³-hybridized carbons (Fsp3) is 0.105. The third-order valence-electron chi connectivity index (χ3n) is 4.34. The number of benzene rings is 2.